The monoisotopic (exact) mass is 478 g/mol. The molecule has 2 heterocycles. The van der Waals surface area contributed by atoms with Crippen LogP contribution in [0, 0.1) is 6.92 Å². The third-order valence-electron chi connectivity index (χ3n) is 6.64. The molecule has 2 aliphatic rings. The lowest BCUT2D eigenvalue weighted by atomic mass is 9.94. The van der Waals surface area contributed by atoms with E-state index in [2.05, 4.69) is 0 Å². The van der Waals surface area contributed by atoms with Crippen molar-refractivity contribution in [3.63, 3.8) is 0 Å². The predicted octanol–water partition coefficient (Wildman–Crippen LogP) is 1.31. The highest BCUT2D eigenvalue weighted by Crippen LogP contribution is 2.38. The number of nitrogens with zero attached hydrogens (tertiary/aromatic N) is 1. The van der Waals surface area contributed by atoms with Gasteiger partial charge in [0.2, 0.25) is 5.78 Å². The van der Waals surface area contributed by atoms with Crippen molar-refractivity contribution in [3.05, 3.63) is 70.8 Å². The van der Waals surface area contributed by atoms with Crippen LogP contribution in [0.1, 0.15) is 42.5 Å². The molecule has 2 fully saturated rings. The number of hydrogen-bond acceptors (Lipinski definition) is 5. The first-order chi connectivity index (χ1) is 17.0. The van der Waals surface area contributed by atoms with Crippen LogP contribution in [0.4, 0.5) is 0 Å². The van der Waals surface area contributed by atoms with E-state index in [9.17, 15) is 14.7 Å². The van der Waals surface area contributed by atoms with Gasteiger partial charge in [0.1, 0.15) is 18.8 Å². The molecule has 35 heavy (non-hydrogen) atoms. The van der Waals surface area contributed by atoms with E-state index in [0.717, 1.165) is 56.8 Å². The Hall–Kier alpha value is -3.16. The first kappa shape index (κ1) is 24.9. The molecule has 7 nitrogen and oxygen atoms in total. The number of morpholine rings is 1. The van der Waals surface area contributed by atoms with Gasteiger partial charge < -0.3 is 24.4 Å². The van der Waals surface area contributed by atoms with Gasteiger partial charge in [0.15, 0.2) is 0 Å². The SMILES string of the molecule is CCCOc1ccc(/C([O-])=C2\C(=O)C(=O)N(CCC[NH+]3CCOCC3)C2c2ccc(C)cc2)cc1. The standard InChI is InChI=1S/C28H34N2O5/c1-3-17-35-23-11-9-22(10-12-23)26(31)24-25(21-7-5-20(2)6-8-21)30(28(33)27(24)32)14-4-13-29-15-18-34-19-16-29/h5-12,25,31H,3-4,13-19H2,1-2H3/b26-24+. The first-order valence-corrected chi connectivity index (χ1v) is 12.5. The molecule has 0 radical (unpaired) electrons. The number of aryl methyl sites for hydroxylation is 1. The number of nitrogens with one attached hydrogen (secondary N) is 1. The molecule has 4 rings (SSSR count). The maximum Gasteiger partial charge on any atom is 0.295 e. The summed E-state index contributed by atoms with van der Waals surface area (Å²) in [6, 6.07) is 13.8. The minimum atomic E-state index is -0.703. The van der Waals surface area contributed by atoms with Crippen LogP contribution in [0.3, 0.4) is 0 Å². The molecule has 2 saturated heterocycles. The second kappa shape index (κ2) is 11.5. The second-order valence-electron chi connectivity index (χ2n) is 9.22. The number of quaternary nitrogens is 1. The highest BCUT2D eigenvalue weighted by Gasteiger charge is 2.44. The van der Waals surface area contributed by atoms with Crippen LogP contribution in [0.2, 0.25) is 0 Å². The number of hydrogen-bond donors (Lipinski definition) is 1. The summed E-state index contributed by atoms with van der Waals surface area (Å²) < 4.78 is 11.0. The van der Waals surface area contributed by atoms with E-state index >= 15 is 0 Å². The maximum atomic E-state index is 13.6. The molecule has 0 bridgehead atoms. The smallest absolute Gasteiger partial charge is 0.295 e. The zero-order valence-electron chi connectivity index (χ0n) is 20.5. The van der Waals surface area contributed by atoms with Gasteiger partial charge in [-0.3, -0.25) is 9.59 Å². The molecule has 0 saturated carbocycles. The Kier molecular flexibility index (Phi) is 8.21. The van der Waals surface area contributed by atoms with E-state index < -0.39 is 23.5 Å². The molecule has 186 valence electrons. The van der Waals surface area contributed by atoms with Crippen LogP contribution in [0.15, 0.2) is 54.1 Å². The number of ether oxygens (including phenoxy) is 2. The molecular formula is C28H34N2O5. The molecule has 2 aromatic rings. The molecule has 0 aromatic heterocycles. The lowest BCUT2D eigenvalue weighted by molar-refractivity contribution is -0.908. The quantitative estimate of drug-likeness (QED) is 0.334. The van der Waals surface area contributed by atoms with Crippen LogP contribution in [0.5, 0.6) is 5.75 Å². The van der Waals surface area contributed by atoms with Gasteiger partial charge in [0.25, 0.3) is 5.91 Å². The first-order valence-electron chi connectivity index (χ1n) is 12.5. The minimum absolute atomic E-state index is 0.0276. The number of rotatable bonds is 9. The van der Waals surface area contributed by atoms with Gasteiger partial charge in [0.05, 0.1) is 32.4 Å². The van der Waals surface area contributed by atoms with Crippen molar-refractivity contribution in [2.24, 2.45) is 0 Å². The van der Waals surface area contributed by atoms with E-state index in [1.807, 2.05) is 38.1 Å². The Morgan fingerprint density at radius 3 is 2.43 bits per heavy atom. The van der Waals surface area contributed by atoms with Crippen molar-refractivity contribution in [1.29, 1.82) is 0 Å². The molecule has 1 N–H and O–H groups in total. The van der Waals surface area contributed by atoms with E-state index in [4.69, 9.17) is 9.47 Å². The van der Waals surface area contributed by atoms with Crippen molar-refractivity contribution >= 4 is 17.4 Å². The molecule has 2 aliphatic heterocycles. The highest BCUT2D eigenvalue weighted by atomic mass is 16.5. The van der Waals surface area contributed by atoms with Gasteiger partial charge >= 0.3 is 0 Å². The Labute approximate surface area is 206 Å². The van der Waals surface area contributed by atoms with Crippen LogP contribution >= 0.6 is 0 Å². The Morgan fingerprint density at radius 2 is 1.77 bits per heavy atom. The van der Waals surface area contributed by atoms with Crippen LogP contribution < -0.4 is 14.7 Å². The number of benzene rings is 2. The Bertz CT molecular complexity index is 1060. The molecule has 1 atom stereocenters. The summed E-state index contributed by atoms with van der Waals surface area (Å²) in [6.07, 6.45) is 1.64. The predicted molar refractivity (Wildman–Crippen MR) is 131 cm³/mol. The number of carbonyl (C=O) groups excluding carboxylic acids is 2. The number of amides is 1. The largest absolute Gasteiger partial charge is 0.872 e. The van der Waals surface area contributed by atoms with Crippen LogP contribution in [0.25, 0.3) is 5.76 Å². The molecular weight excluding hydrogens is 444 g/mol. The molecule has 1 amide bonds. The third kappa shape index (κ3) is 5.74. The highest BCUT2D eigenvalue weighted by molar-refractivity contribution is 6.46. The molecule has 7 heteroatoms. The normalized spacial score (nSPS) is 20.4. The van der Waals surface area contributed by atoms with Crippen molar-refractivity contribution in [3.8, 4) is 5.75 Å². The van der Waals surface area contributed by atoms with Gasteiger partial charge in [0, 0.05) is 18.5 Å². The zero-order valence-corrected chi connectivity index (χ0v) is 20.5. The zero-order chi connectivity index (χ0) is 24.8. The van der Waals surface area contributed by atoms with Gasteiger partial charge in [-0.05, 0) is 36.6 Å². The summed E-state index contributed by atoms with van der Waals surface area (Å²) in [5, 5.41) is 13.6. The average Bonchev–Trinajstić information content (AvgIpc) is 3.13. The topological polar surface area (TPSA) is 83.3 Å². The molecule has 2 aromatic carbocycles. The van der Waals surface area contributed by atoms with Crippen molar-refractivity contribution in [2.75, 3.05) is 46.0 Å². The summed E-state index contributed by atoms with van der Waals surface area (Å²) in [7, 11) is 0. The summed E-state index contributed by atoms with van der Waals surface area (Å²) in [4.78, 5) is 29.3. The van der Waals surface area contributed by atoms with Gasteiger partial charge in [-0.2, -0.15) is 0 Å². The number of carbonyl (C=O) groups is 2. The number of ketones is 1. The second-order valence-corrected chi connectivity index (χ2v) is 9.22. The van der Waals surface area contributed by atoms with Crippen molar-refractivity contribution < 1.29 is 29.1 Å². The van der Waals surface area contributed by atoms with E-state index in [1.54, 1.807) is 29.2 Å². The van der Waals surface area contributed by atoms with E-state index in [0.29, 0.717) is 24.5 Å². The summed E-state index contributed by atoms with van der Waals surface area (Å²) >= 11 is 0. The van der Waals surface area contributed by atoms with Crippen LogP contribution in [-0.4, -0.2) is 62.6 Å². The summed E-state index contributed by atoms with van der Waals surface area (Å²) in [5.74, 6) is -1.04. The Morgan fingerprint density at radius 1 is 1.09 bits per heavy atom. The summed E-state index contributed by atoms with van der Waals surface area (Å²) in [5.41, 5.74) is 2.25. The summed E-state index contributed by atoms with van der Waals surface area (Å²) in [6.45, 7) is 9.30. The fourth-order valence-corrected chi connectivity index (χ4v) is 4.68. The average molecular weight is 479 g/mol. The van der Waals surface area contributed by atoms with Gasteiger partial charge in [-0.1, -0.05) is 54.6 Å². The van der Waals surface area contributed by atoms with Crippen molar-refractivity contribution in [1.82, 2.24) is 4.90 Å². The van der Waals surface area contributed by atoms with E-state index in [1.165, 1.54) is 4.90 Å². The van der Waals surface area contributed by atoms with Gasteiger partial charge in [-0.25, -0.2) is 0 Å². The third-order valence-corrected chi connectivity index (χ3v) is 6.64. The maximum absolute atomic E-state index is 13.6. The van der Waals surface area contributed by atoms with Crippen LogP contribution in [-0.2, 0) is 14.3 Å². The van der Waals surface area contributed by atoms with Crippen molar-refractivity contribution in [2.45, 2.75) is 32.7 Å². The van der Waals surface area contributed by atoms with E-state index in [-0.39, 0.29) is 5.57 Å². The number of Topliss-reactive ketones (excluding diaryl/α,β-unsaturated/α-hetero) is 1. The lowest BCUT2D eigenvalue weighted by Gasteiger charge is -2.29. The van der Waals surface area contributed by atoms with Gasteiger partial charge in [-0.15, -0.1) is 0 Å². The fraction of sp³-hybridized carbons (Fsp3) is 0.429. The molecule has 1 unspecified atom stereocenters. The molecule has 0 spiro atoms. The minimum Gasteiger partial charge on any atom is -0.872 e. The number of likely N-dealkylation sites (tertiary alicyclic amines) is 1. The lowest BCUT2D eigenvalue weighted by Crippen LogP contribution is -3.14. The Balaban J connectivity index is 1.63. The molecule has 0 aliphatic carbocycles. The fourth-order valence-electron chi connectivity index (χ4n) is 4.68.